The Morgan fingerprint density at radius 1 is 1.15 bits per heavy atom. The van der Waals surface area contributed by atoms with Crippen LogP contribution in [0.4, 0.5) is 0 Å². The van der Waals surface area contributed by atoms with Gasteiger partial charge in [0.25, 0.3) is 0 Å². The fourth-order valence-electron chi connectivity index (χ4n) is 3.89. The van der Waals surface area contributed by atoms with E-state index in [9.17, 15) is 0 Å². The van der Waals surface area contributed by atoms with Crippen LogP contribution in [-0.4, -0.2) is 18.8 Å². The van der Waals surface area contributed by atoms with E-state index in [1.165, 1.54) is 13.8 Å². The first-order valence-electron chi connectivity index (χ1n) is 7.41. The van der Waals surface area contributed by atoms with Gasteiger partial charge in [0.2, 0.25) is 0 Å². The predicted octanol–water partition coefficient (Wildman–Crippen LogP) is 4.15. The maximum Gasteiger partial charge on any atom is -0.147 e. The van der Waals surface area contributed by atoms with E-state index in [0.29, 0.717) is 0 Å². The van der Waals surface area contributed by atoms with Crippen LogP contribution in [-0.2, 0) is 14.4 Å². The Morgan fingerprint density at radius 2 is 1.60 bits per heavy atom. The Bertz CT molecular complexity index is 462. The molecule has 0 saturated heterocycles. The van der Waals surface area contributed by atoms with Gasteiger partial charge in [0.1, 0.15) is 0 Å². The van der Waals surface area contributed by atoms with Gasteiger partial charge in [0.05, 0.1) is 0 Å². The Balaban J connectivity index is 0. The van der Waals surface area contributed by atoms with Crippen molar-refractivity contribution >= 4 is 38.1 Å². The zero-order chi connectivity index (χ0) is 14.6. The minimum Gasteiger partial charge on any atom is -0.147 e. The summed E-state index contributed by atoms with van der Waals surface area (Å²) in [5.41, 5.74) is 0.197. The molecule has 0 spiro atoms. The number of halogens is 2. The standard InChI is InChI=1S/C5H5.C4H10N.C2H7Si.3CH3.2ClH.H3Si.Zr/c1-2-4-5-3-1;1-4(2,3)5;1-3-2;;;;;;;/h1-3H,4H2;5H,1-3H3;3H,1-2H3;3*1H3;2*1H;1H3;/q;-1;;;;;;;;+1. The molecule has 0 aromatic heterocycles. The van der Waals surface area contributed by atoms with Crippen LogP contribution in [0.3, 0.4) is 0 Å². The Hall–Kier alpha value is 1.34. The van der Waals surface area contributed by atoms with Crippen LogP contribution in [0, 0.1) is 0 Å². The molecule has 0 aromatic carbocycles. The molecule has 0 saturated carbocycles. The monoisotopic (exact) mass is 434 g/mol. The third-order valence-electron chi connectivity index (χ3n) is 6.30. The summed E-state index contributed by atoms with van der Waals surface area (Å²) in [6.07, 6.45) is 8.25. The van der Waals surface area contributed by atoms with E-state index in [4.69, 9.17) is 0 Å². The maximum atomic E-state index is 4.31. The van der Waals surface area contributed by atoms with Crippen molar-refractivity contribution in [2.24, 2.45) is 0 Å². The predicted molar refractivity (Wildman–Crippen MR) is 106 cm³/mol. The van der Waals surface area contributed by atoms with Crippen LogP contribution in [0.15, 0.2) is 21.5 Å². The quantitative estimate of drug-likeness (QED) is 0.656. The Kier molecular flexibility index (Phi) is 5.80. The van der Waals surface area contributed by atoms with Crippen LogP contribution in [0.1, 0.15) is 27.2 Å². The molecule has 0 bridgehead atoms. The molecule has 0 fully saturated rings. The van der Waals surface area contributed by atoms with Crippen molar-refractivity contribution in [1.29, 1.82) is 0 Å². The number of hydrogen-bond acceptors (Lipinski definition) is 1. The van der Waals surface area contributed by atoms with Crippen molar-refractivity contribution in [3.05, 3.63) is 21.5 Å². The van der Waals surface area contributed by atoms with E-state index in [2.05, 4.69) is 69.2 Å². The molecule has 0 amide bonds. The van der Waals surface area contributed by atoms with Gasteiger partial charge in [-0.05, 0) is 0 Å². The van der Waals surface area contributed by atoms with Crippen LogP contribution in [0.25, 0.3) is 0 Å². The van der Waals surface area contributed by atoms with Gasteiger partial charge in [-0.2, -0.15) is 0 Å². The zero-order valence-electron chi connectivity index (χ0n) is 14.8. The van der Waals surface area contributed by atoms with Gasteiger partial charge in [0.15, 0.2) is 0 Å². The first kappa shape index (κ1) is 23.6. The van der Waals surface area contributed by atoms with Gasteiger partial charge in [-0.25, -0.2) is 0 Å². The molecular formula is C14H36Cl2NSi2Zr. The van der Waals surface area contributed by atoms with Gasteiger partial charge in [-0.1, -0.05) is 0 Å². The molecule has 123 valence electrons. The molecular weight excluding hydrogens is 400 g/mol. The molecule has 0 unspecified atom stereocenters. The van der Waals surface area contributed by atoms with E-state index in [0.717, 1.165) is 0 Å². The molecule has 1 aliphatic rings. The molecule has 0 aromatic rings. The molecule has 1 rings (SSSR count). The summed E-state index contributed by atoms with van der Waals surface area (Å²) >= 11 is -3.85. The SMILES string of the molecule is C[SiH](C)[Zr]([CH3])([CH3])([CH3])([SiH3])([NH]C(C)(C)C)[C]1=CC=CC1.Cl.Cl. The Labute approximate surface area is 136 Å². The van der Waals surface area contributed by atoms with E-state index in [1.807, 2.05) is 0 Å². The topological polar surface area (TPSA) is 12.0 Å². The van der Waals surface area contributed by atoms with Gasteiger partial charge in [0, 0.05) is 0 Å². The van der Waals surface area contributed by atoms with E-state index >= 15 is 0 Å². The van der Waals surface area contributed by atoms with Gasteiger partial charge in [-0.3, -0.25) is 0 Å². The van der Waals surface area contributed by atoms with Crippen molar-refractivity contribution in [2.45, 2.75) is 59.7 Å². The molecule has 1 aliphatic carbocycles. The molecule has 1 nitrogen and oxygen atoms in total. The molecule has 20 heavy (non-hydrogen) atoms. The van der Waals surface area contributed by atoms with Crippen molar-refractivity contribution in [3.8, 4) is 0 Å². The summed E-state index contributed by atoms with van der Waals surface area (Å²) in [5.74, 6) is -0.865. The van der Waals surface area contributed by atoms with Gasteiger partial charge >= 0.3 is 112 Å². The first-order chi connectivity index (χ1) is 7.54. The van der Waals surface area contributed by atoms with Crippen molar-refractivity contribution in [3.63, 3.8) is 0 Å². The fraction of sp³-hybridized carbons (Fsp3) is 0.714. The average molecular weight is 437 g/mol. The van der Waals surface area contributed by atoms with E-state index in [1.54, 1.807) is 3.28 Å². The van der Waals surface area contributed by atoms with Crippen molar-refractivity contribution < 1.29 is 14.4 Å². The molecule has 0 atom stereocenters. The average Bonchev–Trinajstić information content (AvgIpc) is 2.48. The minimum atomic E-state index is -3.85. The summed E-state index contributed by atoms with van der Waals surface area (Å²) in [6, 6.07) is 0. The van der Waals surface area contributed by atoms with Crippen LogP contribution >= 0.6 is 24.8 Å². The summed E-state index contributed by atoms with van der Waals surface area (Å²) in [4.78, 5) is 0. The van der Waals surface area contributed by atoms with Crippen LogP contribution in [0.2, 0.25) is 27.0 Å². The number of hydrogen-bond donors (Lipinski definition) is 1. The second-order valence-electron chi connectivity index (χ2n) is 11.4. The zero-order valence-corrected chi connectivity index (χ0v) is 22.1. The molecule has 0 aliphatic heterocycles. The summed E-state index contributed by atoms with van der Waals surface area (Å²) < 4.78 is 14.2. The van der Waals surface area contributed by atoms with E-state index in [-0.39, 0.29) is 30.4 Å². The first-order valence-corrected chi connectivity index (χ1v) is 32.8. The second kappa shape index (κ2) is 4.91. The fourth-order valence-corrected chi connectivity index (χ4v) is 37.9. The molecule has 6 heteroatoms. The van der Waals surface area contributed by atoms with Crippen molar-refractivity contribution in [1.82, 2.24) is 3.26 Å². The largest absolute Gasteiger partial charge is 0.147 e. The summed E-state index contributed by atoms with van der Waals surface area (Å²) in [5, 5.41) is 0. The normalized spacial score (nSPS) is 21.1. The summed E-state index contributed by atoms with van der Waals surface area (Å²) in [7, 11) is 1.29. The van der Waals surface area contributed by atoms with Gasteiger partial charge in [-0.15, -0.1) is 24.8 Å². The molecule has 1 N–H and O–H groups in total. The third kappa shape index (κ3) is 3.81. The number of rotatable bonds is 3. The van der Waals surface area contributed by atoms with E-state index < -0.39 is 20.3 Å². The molecule has 0 radical (unpaired) electrons. The minimum absolute atomic E-state index is 0. The third-order valence-corrected chi connectivity index (χ3v) is 97.4. The maximum absolute atomic E-state index is 4.31. The molecule has 0 heterocycles. The number of nitrogens with one attached hydrogen (secondary N) is 1. The smallest absolute Gasteiger partial charge is 0.147 e. The van der Waals surface area contributed by atoms with Crippen LogP contribution < -0.4 is 3.26 Å². The second-order valence-corrected chi connectivity index (χ2v) is 108. The van der Waals surface area contributed by atoms with Gasteiger partial charge < -0.3 is 0 Å². The van der Waals surface area contributed by atoms with Crippen LogP contribution in [0.5, 0.6) is 0 Å². The Morgan fingerprint density at radius 3 is 1.85 bits per heavy atom. The number of allylic oxidation sites excluding steroid dienone is 4. The summed E-state index contributed by atoms with van der Waals surface area (Å²) in [6.45, 7) is 12.2. The van der Waals surface area contributed by atoms with Crippen molar-refractivity contribution in [2.75, 3.05) is 0 Å².